The van der Waals surface area contributed by atoms with E-state index in [4.69, 9.17) is 27.9 Å². The van der Waals surface area contributed by atoms with Gasteiger partial charge in [-0.1, -0.05) is 35.3 Å². The Morgan fingerprint density at radius 3 is 2.59 bits per heavy atom. The third kappa shape index (κ3) is 2.67. The number of Topliss-reactive ketones (excluding diaryl/α,β-unsaturated/α-hetero) is 1. The minimum atomic E-state index is -0.569. The summed E-state index contributed by atoms with van der Waals surface area (Å²) in [4.78, 5) is 25.4. The minimum Gasteiger partial charge on any atom is -0.490 e. The monoisotopic (exact) mass is 335 g/mol. The molecule has 1 aliphatic rings. The highest BCUT2D eigenvalue weighted by molar-refractivity contribution is 6.52. The number of rotatable bonds is 4. The van der Waals surface area contributed by atoms with Gasteiger partial charge < -0.3 is 9.64 Å². The van der Waals surface area contributed by atoms with Crippen LogP contribution in [-0.4, -0.2) is 24.8 Å². The Hall–Kier alpha value is -2.04. The molecule has 0 aromatic heterocycles. The Morgan fingerprint density at radius 2 is 1.82 bits per heavy atom. The summed E-state index contributed by atoms with van der Waals surface area (Å²) in [6.45, 7) is 0.481. The van der Waals surface area contributed by atoms with Gasteiger partial charge in [-0.2, -0.15) is 0 Å². The van der Waals surface area contributed by atoms with E-state index < -0.39 is 11.7 Å². The van der Waals surface area contributed by atoms with E-state index in [0.717, 1.165) is 0 Å². The van der Waals surface area contributed by atoms with Crippen molar-refractivity contribution in [2.75, 3.05) is 18.1 Å². The molecule has 0 saturated heterocycles. The Morgan fingerprint density at radius 1 is 1.05 bits per heavy atom. The van der Waals surface area contributed by atoms with E-state index in [1.807, 2.05) is 6.07 Å². The molecule has 0 N–H and O–H groups in total. The molecule has 2 aromatic rings. The summed E-state index contributed by atoms with van der Waals surface area (Å²) < 4.78 is 5.56. The average molecular weight is 336 g/mol. The number of para-hydroxylation sites is 1. The van der Waals surface area contributed by atoms with E-state index in [9.17, 15) is 9.59 Å². The van der Waals surface area contributed by atoms with Gasteiger partial charge in [-0.15, -0.1) is 0 Å². The maximum atomic E-state index is 12.0. The highest BCUT2D eigenvalue weighted by Gasteiger charge is 2.35. The van der Waals surface area contributed by atoms with Crippen LogP contribution in [0.2, 0.25) is 10.0 Å². The Labute approximate surface area is 137 Å². The maximum Gasteiger partial charge on any atom is 0.299 e. The second kappa shape index (κ2) is 5.99. The first kappa shape index (κ1) is 14.9. The fraction of sp³-hybridized carbons (Fsp3) is 0.125. The number of hydrogen-bond donors (Lipinski definition) is 0. The lowest BCUT2D eigenvalue weighted by molar-refractivity contribution is -0.114. The number of nitrogens with zero attached hydrogens (tertiary/aromatic N) is 1. The average Bonchev–Trinajstić information content (AvgIpc) is 2.74. The van der Waals surface area contributed by atoms with Crippen LogP contribution < -0.4 is 9.64 Å². The molecule has 1 amide bonds. The van der Waals surface area contributed by atoms with Crippen molar-refractivity contribution in [2.45, 2.75) is 0 Å². The van der Waals surface area contributed by atoms with Crippen molar-refractivity contribution >= 4 is 40.6 Å². The Bertz CT molecular complexity index is 761. The summed E-state index contributed by atoms with van der Waals surface area (Å²) in [6, 6.07) is 11.9. The third-order valence-corrected chi connectivity index (χ3v) is 3.89. The Kier molecular flexibility index (Phi) is 4.05. The molecule has 0 fully saturated rings. The summed E-state index contributed by atoms with van der Waals surface area (Å²) in [5.74, 6) is -0.575. The van der Waals surface area contributed by atoms with Crippen molar-refractivity contribution < 1.29 is 14.3 Å². The first-order valence-electron chi connectivity index (χ1n) is 6.61. The SMILES string of the molecule is O=C1C(=O)N(CCOc2ccccc2Cl)c2ccc(Cl)cc21. The van der Waals surface area contributed by atoms with Crippen LogP contribution in [0.25, 0.3) is 0 Å². The van der Waals surface area contributed by atoms with Gasteiger partial charge in [0.05, 0.1) is 22.8 Å². The molecule has 0 aliphatic carbocycles. The van der Waals surface area contributed by atoms with Crippen LogP contribution in [0.3, 0.4) is 0 Å². The molecule has 0 bridgehead atoms. The summed E-state index contributed by atoms with van der Waals surface area (Å²) in [6.07, 6.45) is 0. The first-order chi connectivity index (χ1) is 10.6. The van der Waals surface area contributed by atoms with E-state index in [-0.39, 0.29) is 13.2 Å². The fourth-order valence-electron chi connectivity index (χ4n) is 2.30. The Balaban J connectivity index is 1.73. The van der Waals surface area contributed by atoms with Crippen LogP contribution >= 0.6 is 23.2 Å². The van der Waals surface area contributed by atoms with E-state index in [1.165, 1.54) is 11.0 Å². The zero-order chi connectivity index (χ0) is 15.7. The van der Waals surface area contributed by atoms with Gasteiger partial charge in [-0.3, -0.25) is 9.59 Å². The van der Waals surface area contributed by atoms with Gasteiger partial charge in [0.2, 0.25) is 0 Å². The molecule has 0 unspecified atom stereocenters. The molecule has 0 radical (unpaired) electrons. The highest BCUT2D eigenvalue weighted by atomic mass is 35.5. The van der Waals surface area contributed by atoms with Crippen LogP contribution in [0, 0.1) is 0 Å². The standard InChI is InChI=1S/C16H11Cl2NO3/c17-10-5-6-13-11(9-10)15(20)16(21)19(13)7-8-22-14-4-2-1-3-12(14)18/h1-6,9H,7-8H2. The molecule has 0 spiro atoms. The lowest BCUT2D eigenvalue weighted by atomic mass is 10.1. The minimum absolute atomic E-state index is 0.227. The van der Waals surface area contributed by atoms with Crippen LogP contribution in [0.1, 0.15) is 10.4 Å². The maximum absolute atomic E-state index is 12.0. The van der Waals surface area contributed by atoms with Gasteiger partial charge in [-0.05, 0) is 30.3 Å². The molecule has 2 aromatic carbocycles. The second-order valence-corrected chi connectivity index (χ2v) is 5.57. The number of benzene rings is 2. The molecule has 0 saturated carbocycles. The van der Waals surface area contributed by atoms with Gasteiger partial charge in [0.15, 0.2) is 0 Å². The number of hydrogen-bond acceptors (Lipinski definition) is 3. The number of fused-ring (bicyclic) bond motifs is 1. The quantitative estimate of drug-likeness (QED) is 0.802. The highest BCUT2D eigenvalue weighted by Crippen LogP contribution is 2.31. The molecular formula is C16H11Cl2NO3. The van der Waals surface area contributed by atoms with Crippen molar-refractivity contribution in [2.24, 2.45) is 0 Å². The number of halogens is 2. The summed E-state index contributed by atoms with van der Waals surface area (Å²) >= 11 is 11.9. The van der Waals surface area contributed by atoms with Crippen LogP contribution in [0.15, 0.2) is 42.5 Å². The molecule has 6 heteroatoms. The number of ether oxygens (including phenoxy) is 1. The predicted octanol–water partition coefficient (Wildman–Crippen LogP) is 3.60. The van der Waals surface area contributed by atoms with E-state index in [2.05, 4.69) is 0 Å². The number of carbonyl (C=O) groups is 2. The van der Waals surface area contributed by atoms with Gasteiger partial charge in [0.25, 0.3) is 11.7 Å². The zero-order valence-electron chi connectivity index (χ0n) is 11.4. The van der Waals surface area contributed by atoms with E-state index in [1.54, 1.807) is 30.3 Å². The summed E-state index contributed by atoms with van der Waals surface area (Å²) in [5.41, 5.74) is 0.886. The number of carbonyl (C=O) groups excluding carboxylic acids is 2. The van der Waals surface area contributed by atoms with Crippen molar-refractivity contribution in [3.05, 3.63) is 58.1 Å². The zero-order valence-corrected chi connectivity index (χ0v) is 12.9. The molecular weight excluding hydrogens is 325 g/mol. The van der Waals surface area contributed by atoms with E-state index >= 15 is 0 Å². The summed E-state index contributed by atoms with van der Waals surface area (Å²) in [5, 5.41) is 0.924. The van der Waals surface area contributed by atoms with Crippen LogP contribution in [0.5, 0.6) is 5.75 Å². The van der Waals surface area contributed by atoms with Gasteiger partial charge in [-0.25, -0.2) is 0 Å². The molecule has 4 nitrogen and oxygen atoms in total. The van der Waals surface area contributed by atoms with E-state index in [0.29, 0.717) is 27.0 Å². The van der Waals surface area contributed by atoms with Crippen molar-refractivity contribution in [3.63, 3.8) is 0 Å². The molecule has 1 heterocycles. The smallest absolute Gasteiger partial charge is 0.299 e. The normalized spacial score (nSPS) is 13.5. The van der Waals surface area contributed by atoms with Gasteiger partial charge >= 0.3 is 0 Å². The lowest BCUT2D eigenvalue weighted by Crippen LogP contribution is -2.33. The number of amides is 1. The first-order valence-corrected chi connectivity index (χ1v) is 7.36. The molecule has 112 valence electrons. The fourth-order valence-corrected chi connectivity index (χ4v) is 2.67. The molecule has 1 aliphatic heterocycles. The molecule has 22 heavy (non-hydrogen) atoms. The van der Waals surface area contributed by atoms with Crippen molar-refractivity contribution in [1.29, 1.82) is 0 Å². The topological polar surface area (TPSA) is 46.6 Å². The number of anilines is 1. The second-order valence-electron chi connectivity index (χ2n) is 4.73. The van der Waals surface area contributed by atoms with Crippen LogP contribution in [0.4, 0.5) is 5.69 Å². The largest absolute Gasteiger partial charge is 0.490 e. The predicted molar refractivity (Wildman–Crippen MR) is 85.1 cm³/mol. The number of ketones is 1. The summed E-state index contributed by atoms with van der Waals surface area (Å²) in [7, 11) is 0. The van der Waals surface area contributed by atoms with Crippen molar-refractivity contribution in [3.8, 4) is 5.75 Å². The molecule has 3 rings (SSSR count). The van der Waals surface area contributed by atoms with Crippen LogP contribution in [-0.2, 0) is 4.79 Å². The third-order valence-electron chi connectivity index (χ3n) is 3.34. The van der Waals surface area contributed by atoms with Crippen molar-refractivity contribution in [1.82, 2.24) is 0 Å². The van der Waals surface area contributed by atoms with Gasteiger partial charge in [0, 0.05) is 5.02 Å². The molecule has 0 atom stereocenters. The lowest BCUT2D eigenvalue weighted by Gasteiger charge is -2.17. The van der Waals surface area contributed by atoms with Gasteiger partial charge in [0.1, 0.15) is 12.4 Å².